The Morgan fingerprint density at radius 1 is 1.50 bits per heavy atom. The van der Waals surface area contributed by atoms with Crippen LogP contribution in [0.25, 0.3) is 0 Å². The lowest BCUT2D eigenvalue weighted by Crippen LogP contribution is -2.36. The molecule has 1 heterocycles. The van der Waals surface area contributed by atoms with Gasteiger partial charge in [-0.3, -0.25) is 4.39 Å². The van der Waals surface area contributed by atoms with E-state index in [0.29, 0.717) is 6.42 Å². The molecule has 1 rings (SSSR count). The lowest BCUT2D eigenvalue weighted by atomic mass is 10.0. The molecule has 0 N–H and O–H groups in total. The van der Waals surface area contributed by atoms with Gasteiger partial charge in [0, 0.05) is 18.4 Å². The van der Waals surface area contributed by atoms with Crippen LogP contribution < -0.4 is 0 Å². The van der Waals surface area contributed by atoms with Crippen LogP contribution in [0, 0.1) is 5.92 Å². The van der Waals surface area contributed by atoms with E-state index in [9.17, 15) is 4.39 Å². The summed E-state index contributed by atoms with van der Waals surface area (Å²) < 4.78 is 11.9. The van der Waals surface area contributed by atoms with Gasteiger partial charge in [-0.1, -0.05) is 15.9 Å². The van der Waals surface area contributed by atoms with Crippen molar-refractivity contribution >= 4 is 15.9 Å². The molecular weight excluding hydrogens is 221 g/mol. The summed E-state index contributed by atoms with van der Waals surface area (Å²) >= 11 is 3.51. The fourth-order valence-electron chi connectivity index (χ4n) is 1.76. The third kappa shape index (κ3) is 3.40. The minimum absolute atomic E-state index is 0.171. The molecule has 0 radical (unpaired) electrons. The van der Waals surface area contributed by atoms with Crippen molar-refractivity contribution in [3.8, 4) is 0 Å². The molecule has 0 spiro atoms. The molecule has 0 aromatic carbocycles. The van der Waals surface area contributed by atoms with Gasteiger partial charge in [-0.05, 0) is 31.7 Å². The summed E-state index contributed by atoms with van der Waals surface area (Å²) in [5.74, 6) is 0.790. The first kappa shape index (κ1) is 10.5. The number of hydrogen-bond acceptors (Lipinski definition) is 1. The Hall–Kier alpha value is 0.370. The Bertz CT molecular complexity index is 121. The molecule has 0 amide bonds. The number of hydrogen-bond donors (Lipinski definition) is 0. The van der Waals surface area contributed by atoms with Gasteiger partial charge in [-0.25, -0.2) is 0 Å². The van der Waals surface area contributed by atoms with Gasteiger partial charge in [0.25, 0.3) is 0 Å². The zero-order valence-electron chi connectivity index (χ0n) is 7.44. The Balaban J connectivity index is 2.16. The van der Waals surface area contributed by atoms with Crippen molar-refractivity contribution in [3.63, 3.8) is 0 Å². The highest BCUT2D eigenvalue weighted by molar-refractivity contribution is 9.09. The predicted octanol–water partition coefficient (Wildman–Crippen LogP) is 2.45. The molecule has 0 aromatic rings. The van der Waals surface area contributed by atoms with Gasteiger partial charge in [0.2, 0.25) is 0 Å². The maximum absolute atomic E-state index is 11.9. The van der Waals surface area contributed by atoms with Gasteiger partial charge in [0.05, 0.1) is 6.67 Å². The molecule has 1 unspecified atom stereocenters. The maximum Gasteiger partial charge on any atom is 0.0906 e. The van der Waals surface area contributed by atoms with E-state index in [2.05, 4.69) is 20.8 Å². The van der Waals surface area contributed by atoms with Crippen LogP contribution >= 0.6 is 15.9 Å². The first-order chi connectivity index (χ1) is 5.86. The van der Waals surface area contributed by atoms with Crippen LogP contribution in [0.1, 0.15) is 19.3 Å². The normalized spacial score (nSPS) is 26.0. The minimum Gasteiger partial charge on any atom is -0.303 e. The summed E-state index contributed by atoms with van der Waals surface area (Å²) in [6.45, 7) is 3.10. The van der Waals surface area contributed by atoms with Crippen molar-refractivity contribution in [3.05, 3.63) is 0 Å². The van der Waals surface area contributed by atoms with E-state index in [-0.39, 0.29) is 6.67 Å². The second-order valence-corrected chi connectivity index (χ2v) is 4.15. The topological polar surface area (TPSA) is 3.24 Å². The number of piperidine rings is 1. The molecular formula is C9H17BrFN. The Morgan fingerprint density at radius 2 is 2.33 bits per heavy atom. The molecule has 0 saturated carbocycles. The van der Waals surface area contributed by atoms with Crippen molar-refractivity contribution in [2.24, 2.45) is 5.92 Å². The van der Waals surface area contributed by atoms with E-state index in [1.54, 1.807) is 0 Å². The summed E-state index contributed by atoms with van der Waals surface area (Å²) in [5.41, 5.74) is 0. The number of nitrogens with zero attached hydrogens (tertiary/aromatic N) is 1. The molecule has 1 aliphatic heterocycles. The second-order valence-electron chi connectivity index (χ2n) is 3.51. The van der Waals surface area contributed by atoms with Crippen LogP contribution in [-0.4, -0.2) is 36.5 Å². The molecule has 0 aromatic heterocycles. The highest BCUT2D eigenvalue weighted by atomic mass is 79.9. The molecule has 12 heavy (non-hydrogen) atoms. The van der Waals surface area contributed by atoms with Gasteiger partial charge in [0.15, 0.2) is 0 Å². The quantitative estimate of drug-likeness (QED) is 0.680. The zero-order chi connectivity index (χ0) is 8.81. The van der Waals surface area contributed by atoms with Crippen LogP contribution in [0.2, 0.25) is 0 Å². The minimum atomic E-state index is -0.171. The molecule has 0 aliphatic carbocycles. The highest BCUT2D eigenvalue weighted by Gasteiger charge is 2.17. The van der Waals surface area contributed by atoms with Crippen molar-refractivity contribution in [1.82, 2.24) is 4.90 Å². The van der Waals surface area contributed by atoms with Crippen LogP contribution in [0.4, 0.5) is 4.39 Å². The van der Waals surface area contributed by atoms with Gasteiger partial charge >= 0.3 is 0 Å². The first-order valence-electron chi connectivity index (χ1n) is 4.71. The lowest BCUT2D eigenvalue weighted by molar-refractivity contribution is 0.180. The van der Waals surface area contributed by atoms with Gasteiger partial charge in [0.1, 0.15) is 0 Å². The fraction of sp³-hybridized carbons (Fsp3) is 1.00. The Morgan fingerprint density at radius 3 is 3.00 bits per heavy atom. The monoisotopic (exact) mass is 237 g/mol. The van der Waals surface area contributed by atoms with E-state index in [1.807, 2.05) is 0 Å². The number of rotatable bonds is 4. The average molecular weight is 238 g/mol. The molecule has 72 valence electrons. The number of halogens is 2. The van der Waals surface area contributed by atoms with Crippen LogP contribution in [0.5, 0.6) is 0 Å². The Kier molecular flexibility index (Phi) is 5.16. The SMILES string of the molecule is FCCCN1CCCC(CBr)C1. The van der Waals surface area contributed by atoms with Crippen molar-refractivity contribution in [2.75, 3.05) is 31.6 Å². The summed E-state index contributed by atoms with van der Waals surface area (Å²) in [5, 5.41) is 1.10. The summed E-state index contributed by atoms with van der Waals surface area (Å²) in [4.78, 5) is 2.38. The van der Waals surface area contributed by atoms with Gasteiger partial charge < -0.3 is 4.90 Å². The lowest BCUT2D eigenvalue weighted by Gasteiger charge is -2.31. The van der Waals surface area contributed by atoms with Crippen molar-refractivity contribution in [1.29, 1.82) is 0 Å². The molecule has 3 heteroatoms. The van der Waals surface area contributed by atoms with Crippen LogP contribution in [0.3, 0.4) is 0 Å². The first-order valence-corrected chi connectivity index (χ1v) is 5.83. The van der Waals surface area contributed by atoms with E-state index >= 15 is 0 Å². The van der Waals surface area contributed by atoms with Crippen LogP contribution in [0.15, 0.2) is 0 Å². The largest absolute Gasteiger partial charge is 0.303 e. The van der Waals surface area contributed by atoms with Crippen LogP contribution in [-0.2, 0) is 0 Å². The average Bonchev–Trinajstić information content (AvgIpc) is 2.15. The summed E-state index contributed by atoms with van der Waals surface area (Å²) in [6.07, 6.45) is 3.31. The highest BCUT2D eigenvalue weighted by Crippen LogP contribution is 2.18. The van der Waals surface area contributed by atoms with Gasteiger partial charge in [-0.15, -0.1) is 0 Å². The molecule has 1 saturated heterocycles. The molecule has 0 bridgehead atoms. The fourth-order valence-corrected chi connectivity index (χ4v) is 2.29. The molecule has 1 nitrogen and oxygen atoms in total. The second kappa shape index (κ2) is 5.92. The predicted molar refractivity (Wildman–Crippen MR) is 53.6 cm³/mol. The van der Waals surface area contributed by atoms with Crippen molar-refractivity contribution in [2.45, 2.75) is 19.3 Å². The van der Waals surface area contributed by atoms with Gasteiger partial charge in [-0.2, -0.15) is 0 Å². The smallest absolute Gasteiger partial charge is 0.0906 e. The Labute approximate surface area is 82.4 Å². The summed E-state index contributed by atoms with van der Waals surface area (Å²) in [7, 11) is 0. The molecule has 1 fully saturated rings. The van der Waals surface area contributed by atoms with E-state index in [0.717, 1.165) is 24.3 Å². The maximum atomic E-state index is 11.9. The third-order valence-electron chi connectivity index (χ3n) is 2.43. The third-order valence-corrected chi connectivity index (χ3v) is 3.34. The van der Waals surface area contributed by atoms with Crippen molar-refractivity contribution < 1.29 is 4.39 Å². The summed E-state index contributed by atoms with van der Waals surface area (Å²) in [6, 6.07) is 0. The number of alkyl halides is 2. The molecule has 1 atom stereocenters. The van der Waals surface area contributed by atoms with E-state index < -0.39 is 0 Å². The zero-order valence-corrected chi connectivity index (χ0v) is 9.02. The standard InChI is InChI=1S/C9H17BrFN/c10-7-9-3-1-5-12(8-9)6-2-4-11/h9H,1-8H2. The number of likely N-dealkylation sites (tertiary alicyclic amines) is 1. The molecule has 1 aliphatic rings. The van der Waals surface area contributed by atoms with E-state index in [1.165, 1.54) is 19.4 Å². The van der Waals surface area contributed by atoms with E-state index in [4.69, 9.17) is 0 Å².